The van der Waals surface area contributed by atoms with Crippen LogP contribution in [0.3, 0.4) is 0 Å². The highest BCUT2D eigenvalue weighted by molar-refractivity contribution is 7.89. The third-order valence-corrected chi connectivity index (χ3v) is 2.43. The fraction of sp³-hybridized carbons (Fsp3) is 0.556. The smallest absolute Gasteiger partial charge is 0.209 e. The van der Waals surface area contributed by atoms with E-state index in [1.54, 1.807) is 0 Å². The van der Waals surface area contributed by atoms with Crippen molar-refractivity contribution in [1.29, 1.82) is 0 Å². The molecule has 82 valence electrons. The molecule has 0 amide bonds. The highest BCUT2D eigenvalue weighted by Gasteiger charge is 2.00. The summed E-state index contributed by atoms with van der Waals surface area (Å²) in [6.07, 6.45) is 6.89. The summed E-state index contributed by atoms with van der Waals surface area (Å²) < 4.78 is 21.3. The van der Waals surface area contributed by atoms with E-state index < -0.39 is 10.0 Å². The molecule has 0 radical (unpaired) electrons. The second-order valence-corrected chi connectivity index (χ2v) is 4.71. The Bertz CT molecular complexity index is 305. The van der Waals surface area contributed by atoms with Crippen molar-refractivity contribution in [3.05, 3.63) is 23.8 Å². The number of nitrogens with two attached hydrogens (primary N) is 2. The van der Waals surface area contributed by atoms with Crippen molar-refractivity contribution >= 4 is 10.0 Å². The SMILES string of the molecule is C/C=C\C(=C/CCS(N)(=O)=O)CCN. The van der Waals surface area contributed by atoms with Crippen LogP contribution in [0.25, 0.3) is 0 Å². The second kappa shape index (κ2) is 6.75. The molecule has 0 aliphatic carbocycles. The Morgan fingerprint density at radius 1 is 1.43 bits per heavy atom. The summed E-state index contributed by atoms with van der Waals surface area (Å²) in [5.41, 5.74) is 6.45. The zero-order valence-corrected chi connectivity index (χ0v) is 9.26. The molecule has 0 atom stereocenters. The van der Waals surface area contributed by atoms with Crippen LogP contribution in [0.2, 0.25) is 0 Å². The fourth-order valence-electron chi connectivity index (χ4n) is 1.04. The molecule has 0 aromatic rings. The molecule has 0 unspecified atom stereocenters. The van der Waals surface area contributed by atoms with Crippen molar-refractivity contribution < 1.29 is 8.42 Å². The van der Waals surface area contributed by atoms with Gasteiger partial charge in [-0.2, -0.15) is 0 Å². The van der Waals surface area contributed by atoms with Crippen molar-refractivity contribution in [2.24, 2.45) is 10.9 Å². The molecule has 14 heavy (non-hydrogen) atoms. The van der Waals surface area contributed by atoms with Crippen LogP contribution in [0.5, 0.6) is 0 Å². The lowest BCUT2D eigenvalue weighted by atomic mass is 10.1. The maximum absolute atomic E-state index is 10.6. The number of primary sulfonamides is 1. The molecular weight excluding hydrogens is 200 g/mol. The van der Waals surface area contributed by atoms with E-state index in [1.807, 2.05) is 25.2 Å². The molecule has 0 heterocycles. The predicted octanol–water partition coefficient (Wildman–Crippen LogP) is 0.516. The van der Waals surface area contributed by atoms with E-state index in [4.69, 9.17) is 10.9 Å². The Kier molecular flexibility index (Phi) is 6.44. The molecule has 5 heteroatoms. The number of sulfonamides is 1. The normalized spacial score (nSPS) is 13.8. The van der Waals surface area contributed by atoms with Gasteiger partial charge in [-0.25, -0.2) is 13.6 Å². The van der Waals surface area contributed by atoms with E-state index in [2.05, 4.69) is 0 Å². The average Bonchev–Trinajstić information content (AvgIpc) is 2.02. The zero-order valence-electron chi connectivity index (χ0n) is 8.44. The summed E-state index contributed by atoms with van der Waals surface area (Å²) in [6, 6.07) is 0. The van der Waals surface area contributed by atoms with Gasteiger partial charge in [-0.05, 0) is 26.3 Å². The maximum Gasteiger partial charge on any atom is 0.209 e. The first-order chi connectivity index (χ1) is 6.49. The Morgan fingerprint density at radius 3 is 2.50 bits per heavy atom. The molecule has 0 spiro atoms. The minimum atomic E-state index is -3.35. The Balaban J connectivity index is 4.16. The summed E-state index contributed by atoms with van der Waals surface area (Å²) in [4.78, 5) is 0. The zero-order chi connectivity index (χ0) is 11.0. The average molecular weight is 218 g/mol. The topological polar surface area (TPSA) is 86.2 Å². The van der Waals surface area contributed by atoms with E-state index in [-0.39, 0.29) is 5.75 Å². The van der Waals surface area contributed by atoms with Gasteiger partial charge < -0.3 is 5.73 Å². The van der Waals surface area contributed by atoms with Crippen molar-refractivity contribution in [1.82, 2.24) is 0 Å². The lowest BCUT2D eigenvalue weighted by Crippen LogP contribution is -2.15. The van der Waals surface area contributed by atoms with E-state index in [1.165, 1.54) is 0 Å². The van der Waals surface area contributed by atoms with Crippen LogP contribution in [-0.4, -0.2) is 20.7 Å². The van der Waals surface area contributed by atoms with E-state index >= 15 is 0 Å². The molecule has 0 bridgehead atoms. The Hall–Kier alpha value is -0.650. The highest BCUT2D eigenvalue weighted by Crippen LogP contribution is 2.04. The van der Waals surface area contributed by atoms with Gasteiger partial charge in [0.25, 0.3) is 0 Å². The molecule has 0 aliphatic rings. The maximum atomic E-state index is 10.6. The van der Waals surface area contributed by atoms with Crippen LogP contribution in [0, 0.1) is 0 Å². The third kappa shape index (κ3) is 7.97. The van der Waals surface area contributed by atoms with Crippen LogP contribution in [0.4, 0.5) is 0 Å². The van der Waals surface area contributed by atoms with Gasteiger partial charge in [0.15, 0.2) is 0 Å². The molecular formula is C9H18N2O2S. The first-order valence-corrected chi connectivity index (χ1v) is 6.23. The Labute approximate surface area is 85.7 Å². The van der Waals surface area contributed by atoms with Crippen LogP contribution >= 0.6 is 0 Å². The molecule has 4 N–H and O–H groups in total. The lowest BCUT2D eigenvalue weighted by molar-refractivity contribution is 0.597. The Morgan fingerprint density at radius 2 is 2.07 bits per heavy atom. The molecule has 0 rings (SSSR count). The van der Waals surface area contributed by atoms with Crippen molar-refractivity contribution in [3.63, 3.8) is 0 Å². The summed E-state index contributed by atoms with van der Waals surface area (Å²) in [6.45, 7) is 2.47. The van der Waals surface area contributed by atoms with Crippen molar-refractivity contribution in [3.8, 4) is 0 Å². The van der Waals surface area contributed by atoms with E-state index in [0.29, 0.717) is 13.0 Å². The monoisotopic (exact) mass is 218 g/mol. The van der Waals surface area contributed by atoms with Crippen LogP contribution in [0.15, 0.2) is 23.8 Å². The van der Waals surface area contributed by atoms with Gasteiger partial charge in [-0.3, -0.25) is 0 Å². The standard InChI is InChI=1S/C9H18N2O2S/c1-2-4-9(6-7-10)5-3-8-14(11,12)13/h2,4-5H,3,6-8,10H2,1H3,(H2,11,12,13)/b4-2-,9-5+. The number of hydrogen-bond donors (Lipinski definition) is 2. The van der Waals surface area contributed by atoms with E-state index in [9.17, 15) is 8.42 Å². The van der Waals surface area contributed by atoms with Gasteiger partial charge in [0.2, 0.25) is 10.0 Å². The molecule has 0 aromatic heterocycles. The van der Waals surface area contributed by atoms with Crippen LogP contribution in [-0.2, 0) is 10.0 Å². The largest absolute Gasteiger partial charge is 0.330 e. The first kappa shape index (κ1) is 13.4. The van der Waals surface area contributed by atoms with Gasteiger partial charge in [-0.15, -0.1) is 0 Å². The lowest BCUT2D eigenvalue weighted by Gasteiger charge is -1.99. The van der Waals surface area contributed by atoms with Gasteiger partial charge >= 0.3 is 0 Å². The van der Waals surface area contributed by atoms with Gasteiger partial charge in [-0.1, -0.05) is 23.8 Å². The van der Waals surface area contributed by atoms with Gasteiger partial charge in [0.1, 0.15) is 0 Å². The molecule has 0 saturated carbocycles. The van der Waals surface area contributed by atoms with E-state index in [0.717, 1.165) is 12.0 Å². The molecule has 0 aliphatic heterocycles. The van der Waals surface area contributed by atoms with Gasteiger partial charge in [0.05, 0.1) is 5.75 Å². The number of hydrogen-bond acceptors (Lipinski definition) is 3. The summed E-state index contributed by atoms with van der Waals surface area (Å²) in [7, 11) is -3.35. The minimum Gasteiger partial charge on any atom is -0.330 e. The number of rotatable bonds is 6. The highest BCUT2D eigenvalue weighted by atomic mass is 32.2. The predicted molar refractivity (Wildman–Crippen MR) is 59.2 cm³/mol. The number of allylic oxidation sites excluding steroid dienone is 3. The fourth-order valence-corrected chi connectivity index (χ4v) is 1.49. The minimum absolute atomic E-state index is 0.0153. The first-order valence-electron chi connectivity index (χ1n) is 4.52. The second-order valence-electron chi connectivity index (χ2n) is 2.97. The van der Waals surface area contributed by atoms with Crippen molar-refractivity contribution in [2.45, 2.75) is 19.8 Å². The quantitative estimate of drug-likeness (QED) is 0.637. The summed E-state index contributed by atoms with van der Waals surface area (Å²) in [5.74, 6) is -0.0153. The van der Waals surface area contributed by atoms with Crippen LogP contribution < -0.4 is 10.9 Å². The molecule has 0 aromatic carbocycles. The third-order valence-electron chi connectivity index (χ3n) is 1.62. The molecule has 0 saturated heterocycles. The molecule has 4 nitrogen and oxygen atoms in total. The summed E-state index contributed by atoms with van der Waals surface area (Å²) in [5, 5.41) is 4.87. The van der Waals surface area contributed by atoms with Crippen molar-refractivity contribution in [2.75, 3.05) is 12.3 Å². The summed E-state index contributed by atoms with van der Waals surface area (Å²) >= 11 is 0. The van der Waals surface area contributed by atoms with Gasteiger partial charge in [0, 0.05) is 0 Å². The molecule has 0 fully saturated rings. The van der Waals surface area contributed by atoms with Crippen LogP contribution in [0.1, 0.15) is 19.8 Å².